The third-order valence-corrected chi connectivity index (χ3v) is 4.33. The van der Waals surface area contributed by atoms with Gasteiger partial charge in [-0.2, -0.15) is 0 Å². The van der Waals surface area contributed by atoms with Crippen molar-refractivity contribution in [2.75, 3.05) is 0 Å². The van der Waals surface area contributed by atoms with Gasteiger partial charge in [0, 0.05) is 0 Å². The van der Waals surface area contributed by atoms with Crippen LogP contribution >= 0.6 is 0 Å². The Morgan fingerprint density at radius 2 is 1.70 bits per heavy atom. The van der Waals surface area contributed by atoms with Crippen molar-refractivity contribution in [2.24, 2.45) is 0 Å². The number of carbonyl (C=O) groups is 2. The highest BCUT2D eigenvalue weighted by molar-refractivity contribution is 6.07. The molecule has 1 aliphatic rings. The van der Waals surface area contributed by atoms with Crippen LogP contribution in [0.5, 0.6) is 0 Å². The van der Waals surface area contributed by atoms with E-state index in [1.165, 1.54) is 4.90 Å². The molecule has 1 heterocycles. The molecule has 1 saturated heterocycles. The van der Waals surface area contributed by atoms with Crippen LogP contribution in [0.25, 0.3) is 0 Å². The summed E-state index contributed by atoms with van der Waals surface area (Å²) in [4.78, 5) is 26.5. The predicted octanol–water partition coefficient (Wildman–Crippen LogP) is 3.27. The van der Waals surface area contributed by atoms with Gasteiger partial charge in [0.15, 0.2) is 0 Å². The number of aryl methyl sites for hydroxylation is 2. The first-order valence-corrected chi connectivity index (χ1v) is 7.67. The SMILES string of the molecule is Cc1ccc([C@@]2(C)NC(=O)N(Cc3cccc(C)c3)C2=O)cc1. The van der Waals surface area contributed by atoms with Crippen LogP contribution in [0.1, 0.15) is 29.2 Å². The van der Waals surface area contributed by atoms with E-state index in [0.29, 0.717) is 0 Å². The van der Waals surface area contributed by atoms with Crippen molar-refractivity contribution >= 4 is 11.9 Å². The second kappa shape index (κ2) is 5.54. The molecule has 118 valence electrons. The maximum atomic E-state index is 12.9. The molecule has 0 unspecified atom stereocenters. The van der Waals surface area contributed by atoms with Crippen LogP contribution in [0.2, 0.25) is 0 Å². The summed E-state index contributed by atoms with van der Waals surface area (Å²) in [7, 11) is 0. The summed E-state index contributed by atoms with van der Waals surface area (Å²) >= 11 is 0. The van der Waals surface area contributed by atoms with Crippen molar-refractivity contribution in [3.8, 4) is 0 Å². The number of urea groups is 1. The Bertz CT molecular complexity index is 767. The third kappa shape index (κ3) is 2.72. The topological polar surface area (TPSA) is 49.4 Å². The number of nitrogens with zero attached hydrogens (tertiary/aromatic N) is 1. The smallest absolute Gasteiger partial charge is 0.319 e. The fraction of sp³-hybridized carbons (Fsp3) is 0.263. The summed E-state index contributed by atoms with van der Waals surface area (Å²) in [5.74, 6) is -0.215. The van der Waals surface area contributed by atoms with Gasteiger partial charge in [0.1, 0.15) is 5.54 Å². The van der Waals surface area contributed by atoms with Crippen molar-refractivity contribution in [1.82, 2.24) is 10.2 Å². The van der Waals surface area contributed by atoms with Gasteiger partial charge < -0.3 is 5.32 Å². The molecule has 0 spiro atoms. The van der Waals surface area contributed by atoms with Gasteiger partial charge in [0.05, 0.1) is 6.54 Å². The number of imide groups is 1. The van der Waals surface area contributed by atoms with Gasteiger partial charge in [-0.3, -0.25) is 9.69 Å². The molecule has 1 fully saturated rings. The first-order chi connectivity index (χ1) is 10.9. The van der Waals surface area contributed by atoms with Crippen LogP contribution in [0.4, 0.5) is 4.79 Å². The van der Waals surface area contributed by atoms with Gasteiger partial charge in [-0.05, 0) is 31.9 Å². The molecule has 0 bridgehead atoms. The van der Waals surface area contributed by atoms with Crippen molar-refractivity contribution in [2.45, 2.75) is 32.9 Å². The fourth-order valence-electron chi connectivity index (χ4n) is 2.92. The average Bonchev–Trinajstić information content (AvgIpc) is 2.72. The Labute approximate surface area is 136 Å². The first-order valence-electron chi connectivity index (χ1n) is 7.67. The quantitative estimate of drug-likeness (QED) is 0.885. The summed E-state index contributed by atoms with van der Waals surface area (Å²) in [6.45, 7) is 6.03. The molecule has 4 nitrogen and oxygen atoms in total. The number of hydrogen-bond acceptors (Lipinski definition) is 2. The lowest BCUT2D eigenvalue weighted by molar-refractivity contribution is -0.131. The third-order valence-electron chi connectivity index (χ3n) is 4.33. The van der Waals surface area contributed by atoms with Crippen molar-refractivity contribution in [3.05, 3.63) is 70.8 Å². The molecular weight excluding hydrogens is 288 g/mol. The zero-order chi connectivity index (χ0) is 16.6. The maximum Gasteiger partial charge on any atom is 0.325 e. The Balaban J connectivity index is 1.89. The highest BCUT2D eigenvalue weighted by Crippen LogP contribution is 2.30. The lowest BCUT2D eigenvalue weighted by Gasteiger charge is -2.22. The van der Waals surface area contributed by atoms with E-state index in [2.05, 4.69) is 5.32 Å². The first kappa shape index (κ1) is 15.3. The van der Waals surface area contributed by atoms with Crippen LogP contribution in [0.3, 0.4) is 0 Å². The zero-order valence-electron chi connectivity index (χ0n) is 13.6. The molecule has 23 heavy (non-hydrogen) atoms. The van der Waals surface area contributed by atoms with E-state index in [0.717, 1.165) is 22.3 Å². The van der Waals surface area contributed by atoms with Crippen molar-refractivity contribution in [1.29, 1.82) is 0 Å². The van der Waals surface area contributed by atoms with Crippen LogP contribution in [0.15, 0.2) is 48.5 Å². The van der Waals surface area contributed by atoms with E-state index in [1.807, 2.05) is 62.4 Å². The Morgan fingerprint density at radius 3 is 2.35 bits per heavy atom. The molecule has 3 amide bonds. The van der Waals surface area contributed by atoms with E-state index < -0.39 is 5.54 Å². The van der Waals surface area contributed by atoms with Gasteiger partial charge in [0.2, 0.25) is 0 Å². The number of hydrogen-bond donors (Lipinski definition) is 1. The maximum absolute atomic E-state index is 12.9. The van der Waals surface area contributed by atoms with Crippen LogP contribution < -0.4 is 5.32 Å². The number of nitrogens with one attached hydrogen (secondary N) is 1. The zero-order valence-corrected chi connectivity index (χ0v) is 13.6. The van der Waals surface area contributed by atoms with E-state index >= 15 is 0 Å². The molecule has 4 heteroatoms. The normalized spacial score (nSPS) is 20.7. The summed E-state index contributed by atoms with van der Waals surface area (Å²) in [6, 6.07) is 15.2. The molecule has 1 atom stereocenters. The average molecular weight is 308 g/mol. The molecule has 2 aromatic carbocycles. The number of amides is 3. The minimum atomic E-state index is -1.01. The van der Waals surface area contributed by atoms with Crippen LogP contribution in [0, 0.1) is 13.8 Å². The highest BCUT2D eigenvalue weighted by Gasteiger charge is 2.48. The van der Waals surface area contributed by atoms with E-state index in [-0.39, 0.29) is 18.5 Å². The van der Waals surface area contributed by atoms with Gasteiger partial charge in [0.25, 0.3) is 5.91 Å². The summed E-state index contributed by atoms with van der Waals surface area (Å²) in [5, 5.41) is 2.84. The number of rotatable bonds is 3. The standard InChI is InChI=1S/C19H20N2O2/c1-13-7-9-16(10-8-13)19(3)17(22)21(18(23)20-19)12-15-6-4-5-14(2)11-15/h4-11H,12H2,1-3H3,(H,20,23)/t19-/m1/s1. The molecule has 1 N–H and O–H groups in total. The van der Waals surface area contributed by atoms with Gasteiger partial charge in [-0.15, -0.1) is 0 Å². The lowest BCUT2D eigenvalue weighted by Crippen LogP contribution is -2.40. The minimum Gasteiger partial charge on any atom is -0.319 e. The van der Waals surface area contributed by atoms with Crippen LogP contribution in [-0.2, 0) is 16.9 Å². The van der Waals surface area contributed by atoms with Crippen LogP contribution in [-0.4, -0.2) is 16.8 Å². The van der Waals surface area contributed by atoms with Crippen molar-refractivity contribution < 1.29 is 9.59 Å². The minimum absolute atomic E-state index is 0.215. The largest absolute Gasteiger partial charge is 0.325 e. The van der Waals surface area contributed by atoms with E-state index in [9.17, 15) is 9.59 Å². The van der Waals surface area contributed by atoms with E-state index in [1.54, 1.807) is 6.92 Å². The van der Waals surface area contributed by atoms with Gasteiger partial charge in [-0.25, -0.2) is 4.79 Å². The lowest BCUT2D eigenvalue weighted by atomic mass is 9.91. The molecule has 0 aliphatic carbocycles. The molecule has 1 aliphatic heterocycles. The Hall–Kier alpha value is -2.62. The highest BCUT2D eigenvalue weighted by atomic mass is 16.2. The molecule has 2 aromatic rings. The molecule has 0 radical (unpaired) electrons. The second-order valence-electron chi connectivity index (χ2n) is 6.30. The van der Waals surface area contributed by atoms with Gasteiger partial charge >= 0.3 is 6.03 Å². The summed E-state index contributed by atoms with van der Waals surface area (Å²) < 4.78 is 0. The summed E-state index contributed by atoms with van der Waals surface area (Å²) in [5.41, 5.74) is 2.96. The monoisotopic (exact) mass is 308 g/mol. The molecule has 0 saturated carbocycles. The molecule has 3 rings (SSSR count). The fourth-order valence-corrected chi connectivity index (χ4v) is 2.92. The number of carbonyl (C=O) groups excluding carboxylic acids is 2. The van der Waals surface area contributed by atoms with E-state index in [4.69, 9.17) is 0 Å². The second-order valence-corrected chi connectivity index (χ2v) is 6.30. The molecular formula is C19H20N2O2. The predicted molar refractivity (Wildman–Crippen MR) is 88.8 cm³/mol. The van der Waals surface area contributed by atoms with Gasteiger partial charge in [-0.1, -0.05) is 59.7 Å². The molecule has 0 aromatic heterocycles. The van der Waals surface area contributed by atoms with Crippen molar-refractivity contribution in [3.63, 3.8) is 0 Å². The Morgan fingerprint density at radius 1 is 1.00 bits per heavy atom. The Kier molecular flexibility index (Phi) is 3.68. The number of benzene rings is 2. The summed E-state index contributed by atoms with van der Waals surface area (Å²) in [6.07, 6.45) is 0.